The van der Waals surface area contributed by atoms with E-state index in [1.54, 1.807) is 19.1 Å². The Morgan fingerprint density at radius 1 is 1.09 bits per heavy atom. The smallest absolute Gasteiger partial charge is 0.357 e. The molecule has 3 rings (SSSR count). The Morgan fingerprint density at radius 2 is 1.73 bits per heavy atom. The second-order valence-corrected chi connectivity index (χ2v) is 4.67. The Balaban J connectivity index is 2.35. The van der Waals surface area contributed by atoms with Gasteiger partial charge in [0.05, 0.1) is 25.3 Å². The zero-order valence-corrected chi connectivity index (χ0v) is 12.3. The highest BCUT2D eigenvalue weighted by atomic mass is 16.7. The lowest BCUT2D eigenvalue weighted by molar-refractivity contribution is 0.0549. The number of fused-ring (bicyclic) bond motifs is 2. The minimum absolute atomic E-state index is 0.0840. The van der Waals surface area contributed by atoms with Crippen LogP contribution in [0.4, 0.5) is 0 Å². The fourth-order valence-corrected chi connectivity index (χ4v) is 2.41. The molecule has 0 unspecified atom stereocenters. The summed E-state index contributed by atoms with van der Waals surface area (Å²) in [6, 6.07) is 3.39. The van der Waals surface area contributed by atoms with Crippen molar-refractivity contribution in [2.45, 2.75) is 6.92 Å². The second kappa shape index (κ2) is 5.18. The molecule has 7 heteroatoms. The van der Waals surface area contributed by atoms with E-state index in [1.807, 2.05) is 0 Å². The lowest BCUT2D eigenvalue weighted by Gasteiger charge is -2.12. The van der Waals surface area contributed by atoms with Gasteiger partial charge < -0.3 is 18.9 Å². The van der Waals surface area contributed by atoms with Gasteiger partial charge in [-0.05, 0) is 18.6 Å². The minimum Gasteiger partial charge on any atom is -0.465 e. The number of hydrogen-bond acceptors (Lipinski definition) is 7. The topological polar surface area (TPSA) is 84.0 Å². The average Bonchev–Trinajstić information content (AvgIpc) is 2.98. The first-order valence-electron chi connectivity index (χ1n) is 6.47. The van der Waals surface area contributed by atoms with Gasteiger partial charge in [0.2, 0.25) is 6.79 Å². The highest BCUT2D eigenvalue weighted by Gasteiger charge is 2.26. The van der Waals surface area contributed by atoms with Crippen molar-refractivity contribution in [3.05, 3.63) is 29.0 Å². The van der Waals surface area contributed by atoms with E-state index in [2.05, 4.69) is 4.98 Å². The number of methoxy groups -OCH3 is 2. The molecule has 0 spiro atoms. The van der Waals surface area contributed by atoms with E-state index in [1.165, 1.54) is 14.2 Å². The van der Waals surface area contributed by atoms with Crippen LogP contribution in [0.5, 0.6) is 11.5 Å². The maximum absolute atomic E-state index is 12.0. The molecule has 0 bridgehead atoms. The number of carbonyl (C=O) groups excluding carboxylic acids is 2. The number of esters is 2. The van der Waals surface area contributed by atoms with Crippen molar-refractivity contribution in [3.63, 3.8) is 0 Å². The van der Waals surface area contributed by atoms with E-state index >= 15 is 0 Å². The van der Waals surface area contributed by atoms with Gasteiger partial charge in [-0.2, -0.15) is 0 Å². The molecule has 0 radical (unpaired) electrons. The highest BCUT2D eigenvalue weighted by molar-refractivity contribution is 6.07. The zero-order chi connectivity index (χ0) is 15.9. The van der Waals surface area contributed by atoms with Crippen LogP contribution in [0, 0.1) is 6.92 Å². The fraction of sp³-hybridized carbons (Fsp3) is 0.267. The maximum atomic E-state index is 12.0. The molecule has 2 heterocycles. The number of nitrogens with zero attached hydrogens (tertiary/aromatic N) is 1. The predicted octanol–water partition coefficient (Wildman–Crippen LogP) is 1.85. The Bertz CT molecular complexity index is 798. The van der Waals surface area contributed by atoms with Crippen LogP contribution in [0.3, 0.4) is 0 Å². The number of aryl methyl sites for hydroxylation is 1. The van der Waals surface area contributed by atoms with E-state index in [0.717, 1.165) is 0 Å². The van der Waals surface area contributed by atoms with Gasteiger partial charge in [-0.3, -0.25) is 0 Å². The molecule has 2 aromatic rings. The van der Waals surface area contributed by atoms with Crippen LogP contribution in [-0.2, 0) is 9.47 Å². The third-order valence-corrected chi connectivity index (χ3v) is 3.51. The molecule has 0 aliphatic carbocycles. The summed E-state index contributed by atoms with van der Waals surface area (Å²) in [4.78, 5) is 28.2. The summed E-state index contributed by atoms with van der Waals surface area (Å²) < 4.78 is 20.1. The molecular weight excluding hydrogens is 290 g/mol. The van der Waals surface area contributed by atoms with Gasteiger partial charge in [0.25, 0.3) is 0 Å². The molecule has 1 aliphatic rings. The van der Waals surface area contributed by atoms with Crippen LogP contribution in [-0.4, -0.2) is 37.9 Å². The van der Waals surface area contributed by atoms with Crippen molar-refractivity contribution in [1.82, 2.24) is 4.98 Å². The van der Waals surface area contributed by atoms with Crippen molar-refractivity contribution < 1.29 is 28.5 Å². The minimum atomic E-state index is -0.705. The third kappa shape index (κ3) is 2.02. The first-order valence-corrected chi connectivity index (χ1v) is 6.47. The normalized spacial score (nSPS) is 12.3. The Labute approximate surface area is 125 Å². The van der Waals surface area contributed by atoms with Gasteiger partial charge in [-0.15, -0.1) is 0 Å². The number of ether oxygens (including phenoxy) is 4. The zero-order valence-electron chi connectivity index (χ0n) is 12.3. The van der Waals surface area contributed by atoms with Crippen LogP contribution in [0.25, 0.3) is 10.9 Å². The molecule has 0 atom stereocenters. The predicted molar refractivity (Wildman–Crippen MR) is 75.3 cm³/mol. The van der Waals surface area contributed by atoms with Gasteiger partial charge in [-0.25, -0.2) is 14.6 Å². The highest BCUT2D eigenvalue weighted by Crippen LogP contribution is 2.37. The maximum Gasteiger partial charge on any atom is 0.357 e. The van der Waals surface area contributed by atoms with Crippen molar-refractivity contribution >= 4 is 22.8 Å². The van der Waals surface area contributed by atoms with Gasteiger partial charge in [0.15, 0.2) is 17.2 Å². The molecule has 0 N–H and O–H groups in total. The number of carbonyl (C=O) groups is 2. The summed E-state index contributed by atoms with van der Waals surface area (Å²) in [5.41, 5.74) is 1.07. The molecular formula is C15H13NO6. The SMILES string of the molecule is COC(=O)c1nc2cc3c(cc2c(C)c1C(=O)OC)OCO3. The fourth-order valence-electron chi connectivity index (χ4n) is 2.41. The lowest BCUT2D eigenvalue weighted by atomic mass is 10.0. The Kier molecular flexibility index (Phi) is 3.32. The molecule has 0 saturated heterocycles. The molecule has 0 amide bonds. The summed E-state index contributed by atoms with van der Waals surface area (Å²) in [5, 5.41) is 0.678. The number of benzene rings is 1. The van der Waals surface area contributed by atoms with E-state index in [0.29, 0.717) is 28.0 Å². The van der Waals surface area contributed by atoms with Crippen LogP contribution in [0.1, 0.15) is 26.4 Å². The molecule has 0 fully saturated rings. The van der Waals surface area contributed by atoms with Crippen LogP contribution >= 0.6 is 0 Å². The summed E-state index contributed by atoms with van der Waals surface area (Å²) in [6.07, 6.45) is 0. The lowest BCUT2D eigenvalue weighted by Crippen LogP contribution is -2.16. The second-order valence-electron chi connectivity index (χ2n) is 4.67. The molecule has 0 saturated carbocycles. The van der Waals surface area contributed by atoms with Gasteiger partial charge in [0.1, 0.15) is 0 Å². The third-order valence-electron chi connectivity index (χ3n) is 3.51. The standard InChI is InChI=1S/C15H13NO6/c1-7-8-4-10-11(22-6-21-10)5-9(8)16-13(15(18)20-3)12(7)14(17)19-2/h4-5H,6H2,1-3H3. The number of aromatic nitrogens is 1. The van der Waals surface area contributed by atoms with Crippen LogP contribution in [0.15, 0.2) is 12.1 Å². The monoisotopic (exact) mass is 303 g/mol. The largest absolute Gasteiger partial charge is 0.465 e. The van der Waals surface area contributed by atoms with Gasteiger partial charge in [-0.1, -0.05) is 0 Å². The quantitative estimate of drug-likeness (QED) is 0.783. The molecule has 1 aromatic carbocycles. The van der Waals surface area contributed by atoms with Gasteiger partial charge in [0, 0.05) is 11.5 Å². The van der Waals surface area contributed by atoms with E-state index < -0.39 is 11.9 Å². The van der Waals surface area contributed by atoms with Crippen molar-refractivity contribution in [3.8, 4) is 11.5 Å². The average molecular weight is 303 g/mol. The van der Waals surface area contributed by atoms with Crippen LogP contribution < -0.4 is 9.47 Å². The van der Waals surface area contributed by atoms with Gasteiger partial charge >= 0.3 is 11.9 Å². The van der Waals surface area contributed by atoms with Crippen molar-refractivity contribution in [2.24, 2.45) is 0 Å². The van der Waals surface area contributed by atoms with E-state index in [4.69, 9.17) is 18.9 Å². The Morgan fingerprint density at radius 3 is 2.36 bits per heavy atom. The molecule has 1 aromatic heterocycles. The van der Waals surface area contributed by atoms with E-state index in [-0.39, 0.29) is 18.1 Å². The molecule has 22 heavy (non-hydrogen) atoms. The first kappa shape index (κ1) is 14.1. The summed E-state index contributed by atoms with van der Waals surface area (Å²) in [5.74, 6) is -0.242. The molecule has 1 aliphatic heterocycles. The summed E-state index contributed by atoms with van der Waals surface area (Å²) >= 11 is 0. The summed E-state index contributed by atoms with van der Waals surface area (Å²) in [6.45, 7) is 1.84. The van der Waals surface area contributed by atoms with Crippen molar-refractivity contribution in [1.29, 1.82) is 0 Å². The van der Waals surface area contributed by atoms with Crippen LogP contribution in [0.2, 0.25) is 0 Å². The molecule has 114 valence electrons. The Hall–Kier alpha value is -2.83. The molecule has 7 nitrogen and oxygen atoms in total. The van der Waals surface area contributed by atoms with E-state index in [9.17, 15) is 9.59 Å². The number of hydrogen-bond donors (Lipinski definition) is 0. The summed E-state index contributed by atoms with van der Waals surface area (Å²) in [7, 11) is 2.47. The number of pyridine rings is 1. The van der Waals surface area contributed by atoms with Crippen molar-refractivity contribution in [2.75, 3.05) is 21.0 Å². The first-order chi connectivity index (χ1) is 10.6. The number of rotatable bonds is 2.